The molecule has 0 spiro atoms. The SMILES string of the molecule is C=C1N=C/C(n2c3ccccc3c3cc(-c4ccc5c(c4)c4ccccc4n5-c4cccc(-c5ccccc5)c4)ccc32)=C\Cc2nccc3cccc1c23. The van der Waals surface area contributed by atoms with E-state index >= 15 is 0 Å². The van der Waals surface area contributed by atoms with Crippen LogP contribution in [0, 0.1) is 0 Å². The van der Waals surface area contributed by atoms with Crippen LogP contribution < -0.4 is 0 Å². The lowest BCUT2D eigenvalue weighted by molar-refractivity contribution is 1.13. The molecular formula is C51H34N4. The lowest BCUT2D eigenvalue weighted by Gasteiger charge is -2.11. The molecule has 0 radical (unpaired) electrons. The molecule has 0 N–H and O–H groups in total. The van der Waals surface area contributed by atoms with Crippen molar-refractivity contribution in [3.05, 3.63) is 194 Å². The van der Waals surface area contributed by atoms with Gasteiger partial charge in [0, 0.05) is 50.8 Å². The number of pyridine rings is 1. The molecule has 0 aliphatic carbocycles. The van der Waals surface area contributed by atoms with Crippen molar-refractivity contribution in [3.8, 4) is 27.9 Å². The number of benzene rings is 7. The second-order valence-corrected chi connectivity index (χ2v) is 14.3. The molecule has 4 nitrogen and oxygen atoms in total. The van der Waals surface area contributed by atoms with E-state index in [-0.39, 0.29) is 0 Å². The number of allylic oxidation sites excluding steroid dienone is 2. The Hall–Kier alpha value is -7.30. The van der Waals surface area contributed by atoms with E-state index in [1.54, 1.807) is 0 Å². The van der Waals surface area contributed by atoms with Gasteiger partial charge in [-0.3, -0.25) is 9.98 Å². The summed E-state index contributed by atoms with van der Waals surface area (Å²) in [6, 6.07) is 59.0. The van der Waals surface area contributed by atoms with Crippen LogP contribution in [0.3, 0.4) is 0 Å². The number of hydrogen-bond donors (Lipinski definition) is 0. The van der Waals surface area contributed by atoms with E-state index < -0.39 is 0 Å². The summed E-state index contributed by atoms with van der Waals surface area (Å²) in [4.78, 5) is 9.77. The summed E-state index contributed by atoms with van der Waals surface area (Å²) in [5.74, 6) is 0. The number of fused-ring (bicyclic) bond motifs is 6. The van der Waals surface area contributed by atoms with Gasteiger partial charge in [-0.15, -0.1) is 0 Å². The van der Waals surface area contributed by atoms with E-state index in [9.17, 15) is 0 Å². The van der Waals surface area contributed by atoms with Crippen molar-refractivity contribution in [3.63, 3.8) is 0 Å². The Morgan fingerprint density at radius 3 is 1.87 bits per heavy atom. The Kier molecular flexibility index (Phi) is 7.04. The number of para-hydroxylation sites is 2. The van der Waals surface area contributed by atoms with Crippen molar-refractivity contribution in [2.24, 2.45) is 4.99 Å². The molecule has 0 fully saturated rings. The normalized spacial score (nSPS) is 14.0. The van der Waals surface area contributed by atoms with Crippen molar-refractivity contribution in [2.75, 3.05) is 0 Å². The van der Waals surface area contributed by atoms with Crippen molar-refractivity contribution >= 4 is 72.0 Å². The Morgan fingerprint density at radius 2 is 1.11 bits per heavy atom. The molecule has 0 bridgehead atoms. The highest BCUT2D eigenvalue weighted by Gasteiger charge is 2.18. The molecule has 3 aromatic heterocycles. The summed E-state index contributed by atoms with van der Waals surface area (Å²) in [7, 11) is 0. The van der Waals surface area contributed by atoms with Gasteiger partial charge in [-0.25, -0.2) is 0 Å². The first-order chi connectivity index (χ1) is 27.2. The quantitative estimate of drug-likeness (QED) is 0.180. The van der Waals surface area contributed by atoms with Crippen LogP contribution in [0.4, 0.5) is 0 Å². The zero-order valence-electron chi connectivity index (χ0n) is 30.0. The number of aliphatic imine (C=N–C) groups is 1. The fourth-order valence-corrected chi connectivity index (χ4v) is 8.63. The minimum atomic E-state index is 0.680. The average Bonchev–Trinajstić information content (AvgIpc) is 3.77. The smallest absolute Gasteiger partial charge is 0.0638 e. The highest BCUT2D eigenvalue weighted by Crippen LogP contribution is 2.39. The molecule has 0 saturated heterocycles. The summed E-state index contributed by atoms with van der Waals surface area (Å²) >= 11 is 0. The van der Waals surface area contributed by atoms with Crippen LogP contribution in [-0.2, 0) is 6.42 Å². The Balaban J connectivity index is 1.05. The van der Waals surface area contributed by atoms with Crippen LogP contribution >= 0.6 is 0 Å². The molecule has 55 heavy (non-hydrogen) atoms. The molecule has 1 aliphatic heterocycles. The molecule has 0 saturated carbocycles. The summed E-state index contributed by atoms with van der Waals surface area (Å²) < 4.78 is 4.73. The Bertz CT molecular complexity index is 3240. The summed E-state index contributed by atoms with van der Waals surface area (Å²) in [6.07, 6.45) is 6.79. The van der Waals surface area contributed by atoms with Gasteiger partial charge in [-0.1, -0.05) is 122 Å². The maximum atomic E-state index is 4.94. The molecule has 4 heterocycles. The number of aromatic nitrogens is 3. The Labute approximate surface area is 318 Å². The van der Waals surface area contributed by atoms with Crippen molar-refractivity contribution in [1.82, 2.24) is 14.1 Å². The maximum absolute atomic E-state index is 4.94. The fourth-order valence-electron chi connectivity index (χ4n) is 8.63. The van der Waals surface area contributed by atoms with Crippen LogP contribution in [0.15, 0.2) is 188 Å². The van der Waals surface area contributed by atoms with Gasteiger partial charge in [0.2, 0.25) is 0 Å². The van der Waals surface area contributed by atoms with Gasteiger partial charge < -0.3 is 9.13 Å². The number of rotatable bonds is 4. The standard InChI is InChI=1S/C51H34N4/c1-33-41-18-10-13-35-27-28-52-46(51(35)41)24-23-40(32-53-33)55-48-20-8-6-17-43(48)45-31-38(22-26-50(45)55)37-21-25-49-44(30-37)42-16-5-7-19-47(42)54(49)39-15-9-14-36(29-39)34-11-3-2-4-12-34/h2-23,25-32H,1,24H2/b40-23+,53-32?. The van der Waals surface area contributed by atoms with E-state index in [2.05, 4.69) is 186 Å². The van der Waals surface area contributed by atoms with Gasteiger partial charge >= 0.3 is 0 Å². The van der Waals surface area contributed by atoms with Crippen molar-refractivity contribution in [1.29, 1.82) is 0 Å². The predicted molar refractivity (Wildman–Crippen MR) is 232 cm³/mol. The highest BCUT2D eigenvalue weighted by molar-refractivity contribution is 6.17. The Morgan fingerprint density at radius 1 is 0.491 bits per heavy atom. The van der Waals surface area contributed by atoms with E-state index in [4.69, 9.17) is 9.98 Å². The lowest BCUT2D eigenvalue weighted by Crippen LogP contribution is -2.00. The number of hydrogen-bond acceptors (Lipinski definition) is 2. The first-order valence-corrected chi connectivity index (χ1v) is 18.7. The monoisotopic (exact) mass is 702 g/mol. The van der Waals surface area contributed by atoms with Crippen LogP contribution in [0.2, 0.25) is 0 Å². The van der Waals surface area contributed by atoms with Gasteiger partial charge in [-0.2, -0.15) is 0 Å². The summed E-state index contributed by atoms with van der Waals surface area (Å²) in [5, 5.41) is 7.15. The molecule has 7 aromatic carbocycles. The molecule has 258 valence electrons. The van der Waals surface area contributed by atoms with Gasteiger partial charge in [0.1, 0.15) is 0 Å². The molecule has 4 heteroatoms. The van der Waals surface area contributed by atoms with E-state index in [0.29, 0.717) is 6.42 Å². The van der Waals surface area contributed by atoms with E-state index in [1.165, 1.54) is 54.8 Å². The van der Waals surface area contributed by atoms with Crippen LogP contribution in [-0.4, -0.2) is 20.3 Å². The zero-order chi connectivity index (χ0) is 36.5. The molecule has 0 atom stereocenters. The summed E-state index contributed by atoms with van der Waals surface area (Å²) in [5.41, 5.74) is 14.4. The highest BCUT2D eigenvalue weighted by atomic mass is 15.0. The minimum Gasteiger partial charge on any atom is -0.309 e. The summed E-state index contributed by atoms with van der Waals surface area (Å²) in [6.45, 7) is 4.38. The molecular weight excluding hydrogens is 669 g/mol. The van der Waals surface area contributed by atoms with Gasteiger partial charge in [0.15, 0.2) is 0 Å². The van der Waals surface area contributed by atoms with Gasteiger partial charge in [-0.05, 0) is 82.2 Å². The molecule has 1 aliphatic rings. The van der Waals surface area contributed by atoms with Gasteiger partial charge in [0.25, 0.3) is 0 Å². The van der Waals surface area contributed by atoms with Crippen molar-refractivity contribution in [2.45, 2.75) is 6.42 Å². The molecule has 0 unspecified atom stereocenters. The van der Waals surface area contributed by atoms with E-state index in [1.807, 2.05) is 12.4 Å². The van der Waals surface area contributed by atoms with Gasteiger partial charge in [0.05, 0.1) is 45.4 Å². The molecule has 11 rings (SSSR count). The zero-order valence-corrected chi connectivity index (χ0v) is 30.0. The van der Waals surface area contributed by atoms with E-state index in [0.717, 1.165) is 50.1 Å². The first-order valence-electron chi connectivity index (χ1n) is 18.7. The third kappa shape index (κ3) is 4.99. The molecule has 0 amide bonds. The van der Waals surface area contributed by atoms with Crippen LogP contribution in [0.25, 0.3) is 93.7 Å². The van der Waals surface area contributed by atoms with Crippen molar-refractivity contribution < 1.29 is 0 Å². The second-order valence-electron chi connectivity index (χ2n) is 14.3. The van der Waals surface area contributed by atoms with Crippen LogP contribution in [0.1, 0.15) is 11.3 Å². The maximum Gasteiger partial charge on any atom is 0.0638 e. The second kappa shape index (κ2) is 12.4. The predicted octanol–water partition coefficient (Wildman–Crippen LogP) is 12.9. The topological polar surface area (TPSA) is 35.1 Å². The van der Waals surface area contributed by atoms with Crippen LogP contribution in [0.5, 0.6) is 0 Å². The number of nitrogens with zero attached hydrogens (tertiary/aromatic N) is 4. The average molecular weight is 703 g/mol. The lowest BCUT2D eigenvalue weighted by atomic mass is 10.0. The largest absolute Gasteiger partial charge is 0.309 e. The molecule has 10 aromatic rings. The minimum absolute atomic E-state index is 0.680. The fraction of sp³-hybridized carbons (Fsp3) is 0.0196. The first kappa shape index (κ1) is 31.2. The third-order valence-electron chi connectivity index (χ3n) is 11.2. The third-order valence-corrected chi connectivity index (χ3v) is 11.2.